The van der Waals surface area contributed by atoms with E-state index in [1.54, 1.807) is 12.3 Å². The van der Waals surface area contributed by atoms with Crippen LogP contribution in [0.25, 0.3) is 11.1 Å². The summed E-state index contributed by atoms with van der Waals surface area (Å²) in [6.45, 7) is 2.00. The minimum Gasteiger partial charge on any atom is -0.398 e. The number of nitrogen functional groups attached to an aromatic ring is 1. The summed E-state index contributed by atoms with van der Waals surface area (Å²) in [5, 5.41) is 4.86. The molecule has 2 N–H and O–H groups in total. The van der Waals surface area contributed by atoms with Gasteiger partial charge in [-0.15, -0.1) is 0 Å². The summed E-state index contributed by atoms with van der Waals surface area (Å²) in [4.78, 5) is 0. The molecule has 0 spiro atoms. The Balaban J connectivity index is 2.63. The topological polar surface area (TPSA) is 43.8 Å². The summed E-state index contributed by atoms with van der Waals surface area (Å²) >= 11 is 5.94. The molecule has 1 aromatic heterocycles. The highest BCUT2D eigenvalue weighted by molar-refractivity contribution is 6.31. The molecular weight excluding hydrogens is 210 g/mol. The van der Waals surface area contributed by atoms with Crippen molar-refractivity contribution in [1.82, 2.24) is 9.78 Å². The molecule has 3 nitrogen and oxygen atoms in total. The van der Waals surface area contributed by atoms with Gasteiger partial charge in [0.25, 0.3) is 0 Å². The number of halogens is 1. The Kier molecular flexibility index (Phi) is 2.40. The van der Waals surface area contributed by atoms with Crippen molar-refractivity contribution in [2.24, 2.45) is 7.05 Å². The zero-order valence-electron chi connectivity index (χ0n) is 8.66. The summed E-state index contributed by atoms with van der Waals surface area (Å²) < 4.78 is 1.82. The van der Waals surface area contributed by atoms with Gasteiger partial charge in [0.15, 0.2) is 0 Å². The van der Waals surface area contributed by atoms with E-state index in [0.717, 1.165) is 22.5 Å². The van der Waals surface area contributed by atoms with Gasteiger partial charge in [-0.05, 0) is 25.1 Å². The molecule has 0 atom stereocenters. The van der Waals surface area contributed by atoms with Gasteiger partial charge in [-0.2, -0.15) is 5.10 Å². The fraction of sp³-hybridized carbons (Fsp3) is 0.182. The lowest BCUT2D eigenvalue weighted by Crippen LogP contribution is -1.94. The lowest BCUT2D eigenvalue weighted by Gasteiger charge is -2.05. The molecule has 0 aliphatic rings. The number of nitrogens with two attached hydrogens (primary N) is 1. The molecule has 0 saturated carbocycles. The molecular formula is C11H12ClN3. The second-order valence-corrected chi connectivity index (χ2v) is 3.94. The first-order valence-electron chi connectivity index (χ1n) is 4.63. The molecule has 1 heterocycles. The fourth-order valence-electron chi connectivity index (χ4n) is 1.52. The second kappa shape index (κ2) is 3.59. The smallest absolute Gasteiger partial charge is 0.0571 e. The molecule has 0 fully saturated rings. The van der Waals surface area contributed by atoms with Crippen LogP contribution in [-0.2, 0) is 7.05 Å². The zero-order chi connectivity index (χ0) is 11.0. The SMILES string of the molecule is Cc1c(-c2cc(Cl)ccc2N)cnn1C. The van der Waals surface area contributed by atoms with E-state index in [1.807, 2.05) is 30.8 Å². The molecule has 0 amide bonds. The van der Waals surface area contributed by atoms with Crippen LogP contribution in [0.1, 0.15) is 5.69 Å². The Morgan fingerprint density at radius 1 is 1.33 bits per heavy atom. The number of aryl methyl sites for hydroxylation is 1. The minimum absolute atomic E-state index is 0.683. The lowest BCUT2D eigenvalue weighted by atomic mass is 10.1. The third kappa shape index (κ3) is 1.70. The van der Waals surface area contributed by atoms with E-state index in [2.05, 4.69) is 5.10 Å². The van der Waals surface area contributed by atoms with E-state index in [0.29, 0.717) is 5.02 Å². The Labute approximate surface area is 93.5 Å². The molecule has 0 unspecified atom stereocenters. The van der Waals surface area contributed by atoms with Crippen molar-refractivity contribution in [1.29, 1.82) is 0 Å². The van der Waals surface area contributed by atoms with Crippen molar-refractivity contribution in [2.45, 2.75) is 6.92 Å². The van der Waals surface area contributed by atoms with E-state index in [9.17, 15) is 0 Å². The highest BCUT2D eigenvalue weighted by atomic mass is 35.5. The van der Waals surface area contributed by atoms with Crippen LogP contribution in [0.4, 0.5) is 5.69 Å². The van der Waals surface area contributed by atoms with E-state index in [4.69, 9.17) is 17.3 Å². The first-order valence-corrected chi connectivity index (χ1v) is 5.01. The number of anilines is 1. The molecule has 78 valence electrons. The van der Waals surface area contributed by atoms with Crippen molar-refractivity contribution in [3.63, 3.8) is 0 Å². The highest BCUT2D eigenvalue weighted by Crippen LogP contribution is 2.30. The van der Waals surface area contributed by atoms with E-state index >= 15 is 0 Å². The predicted molar refractivity (Wildman–Crippen MR) is 62.8 cm³/mol. The molecule has 0 aliphatic carbocycles. The monoisotopic (exact) mass is 221 g/mol. The Morgan fingerprint density at radius 2 is 2.07 bits per heavy atom. The van der Waals surface area contributed by atoms with Crippen molar-refractivity contribution < 1.29 is 0 Å². The molecule has 0 radical (unpaired) electrons. The van der Waals surface area contributed by atoms with Crippen LogP contribution < -0.4 is 5.73 Å². The number of hydrogen-bond acceptors (Lipinski definition) is 2. The Morgan fingerprint density at radius 3 is 2.67 bits per heavy atom. The van der Waals surface area contributed by atoms with Crippen LogP contribution in [-0.4, -0.2) is 9.78 Å². The fourth-order valence-corrected chi connectivity index (χ4v) is 1.70. The average Bonchev–Trinajstić information content (AvgIpc) is 2.52. The van der Waals surface area contributed by atoms with Gasteiger partial charge in [0, 0.05) is 34.6 Å². The Bertz CT molecular complexity index is 503. The Hall–Kier alpha value is -1.48. The number of benzene rings is 1. The summed E-state index contributed by atoms with van der Waals surface area (Å²) in [6, 6.07) is 5.46. The van der Waals surface area contributed by atoms with Gasteiger partial charge in [0.05, 0.1) is 6.20 Å². The molecule has 2 rings (SSSR count). The van der Waals surface area contributed by atoms with E-state index in [1.165, 1.54) is 0 Å². The largest absolute Gasteiger partial charge is 0.398 e. The molecule has 15 heavy (non-hydrogen) atoms. The van der Waals surface area contributed by atoms with Crippen molar-refractivity contribution >= 4 is 17.3 Å². The van der Waals surface area contributed by atoms with E-state index < -0.39 is 0 Å². The number of aromatic nitrogens is 2. The number of rotatable bonds is 1. The summed E-state index contributed by atoms with van der Waals surface area (Å²) in [6.07, 6.45) is 1.80. The van der Waals surface area contributed by atoms with Crippen molar-refractivity contribution in [3.05, 3.63) is 35.1 Å². The second-order valence-electron chi connectivity index (χ2n) is 3.50. The van der Waals surface area contributed by atoms with Gasteiger partial charge < -0.3 is 5.73 Å². The quantitative estimate of drug-likeness (QED) is 0.753. The average molecular weight is 222 g/mol. The van der Waals surface area contributed by atoms with Crippen LogP contribution >= 0.6 is 11.6 Å². The first-order chi connectivity index (χ1) is 7.09. The van der Waals surface area contributed by atoms with Crippen LogP contribution in [0.15, 0.2) is 24.4 Å². The predicted octanol–water partition coefficient (Wildman–Crippen LogP) is 2.63. The van der Waals surface area contributed by atoms with Crippen LogP contribution in [0.3, 0.4) is 0 Å². The maximum Gasteiger partial charge on any atom is 0.0571 e. The van der Waals surface area contributed by atoms with Gasteiger partial charge in [-0.1, -0.05) is 11.6 Å². The molecule has 0 aliphatic heterocycles. The third-order valence-corrected chi connectivity index (χ3v) is 2.78. The third-order valence-electron chi connectivity index (χ3n) is 2.54. The van der Waals surface area contributed by atoms with Crippen molar-refractivity contribution in [3.8, 4) is 11.1 Å². The number of hydrogen-bond donors (Lipinski definition) is 1. The number of nitrogens with zero attached hydrogens (tertiary/aromatic N) is 2. The van der Waals surface area contributed by atoms with Gasteiger partial charge in [0.1, 0.15) is 0 Å². The molecule has 4 heteroatoms. The normalized spacial score (nSPS) is 10.6. The molecule has 0 saturated heterocycles. The summed E-state index contributed by atoms with van der Waals surface area (Å²) in [5.41, 5.74) is 9.66. The van der Waals surface area contributed by atoms with E-state index in [-0.39, 0.29) is 0 Å². The zero-order valence-corrected chi connectivity index (χ0v) is 9.42. The molecule has 0 bridgehead atoms. The lowest BCUT2D eigenvalue weighted by molar-refractivity contribution is 0.740. The molecule has 2 aromatic rings. The standard InChI is InChI=1S/C11H12ClN3/c1-7-10(6-14-15(7)2)9-5-8(12)3-4-11(9)13/h3-6H,13H2,1-2H3. The maximum atomic E-state index is 5.94. The first kappa shape index (κ1) is 10.1. The minimum atomic E-state index is 0.683. The van der Waals surface area contributed by atoms with Crippen LogP contribution in [0, 0.1) is 6.92 Å². The van der Waals surface area contributed by atoms with Crippen LogP contribution in [0.5, 0.6) is 0 Å². The van der Waals surface area contributed by atoms with Gasteiger partial charge in [0.2, 0.25) is 0 Å². The summed E-state index contributed by atoms with van der Waals surface area (Å²) in [5.74, 6) is 0. The highest BCUT2D eigenvalue weighted by Gasteiger charge is 2.09. The van der Waals surface area contributed by atoms with Crippen molar-refractivity contribution in [2.75, 3.05) is 5.73 Å². The van der Waals surface area contributed by atoms with Gasteiger partial charge in [-0.25, -0.2) is 0 Å². The summed E-state index contributed by atoms with van der Waals surface area (Å²) in [7, 11) is 1.90. The van der Waals surface area contributed by atoms with Crippen LogP contribution in [0.2, 0.25) is 5.02 Å². The van der Waals surface area contributed by atoms with Gasteiger partial charge in [-0.3, -0.25) is 4.68 Å². The maximum absolute atomic E-state index is 5.94. The van der Waals surface area contributed by atoms with Gasteiger partial charge >= 0.3 is 0 Å². The molecule has 1 aromatic carbocycles.